The highest BCUT2D eigenvalue weighted by atomic mass is 16.5. The molecule has 2 heterocycles. The third kappa shape index (κ3) is 5.38. The summed E-state index contributed by atoms with van der Waals surface area (Å²) in [6, 6.07) is 11.7. The number of nitrogens with zero attached hydrogens (tertiary/aromatic N) is 3. The monoisotopic (exact) mass is 490 g/mol. The van der Waals surface area contributed by atoms with Crippen molar-refractivity contribution in [3.05, 3.63) is 53.2 Å². The van der Waals surface area contributed by atoms with Crippen LogP contribution in [0.2, 0.25) is 0 Å². The molecule has 0 saturated carbocycles. The van der Waals surface area contributed by atoms with Crippen LogP contribution in [-0.4, -0.2) is 60.4 Å². The van der Waals surface area contributed by atoms with Gasteiger partial charge in [-0.25, -0.2) is 9.97 Å². The van der Waals surface area contributed by atoms with Crippen LogP contribution in [0.5, 0.6) is 11.5 Å². The van der Waals surface area contributed by atoms with Gasteiger partial charge >= 0.3 is 0 Å². The zero-order valence-electron chi connectivity index (χ0n) is 21.0. The van der Waals surface area contributed by atoms with Gasteiger partial charge in [-0.2, -0.15) is 0 Å². The van der Waals surface area contributed by atoms with Crippen LogP contribution in [-0.2, 0) is 17.6 Å². The number of aromatic nitrogens is 2. The van der Waals surface area contributed by atoms with Gasteiger partial charge in [0.1, 0.15) is 24.2 Å². The number of aliphatic hydroxyl groups excluding tert-OH is 1. The maximum Gasteiger partial charge on any atom is 0.226 e. The fourth-order valence-corrected chi connectivity index (χ4v) is 5.12. The molecule has 8 heteroatoms. The van der Waals surface area contributed by atoms with Gasteiger partial charge in [0.25, 0.3) is 0 Å². The van der Waals surface area contributed by atoms with E-state index in [0.29, 0.717) is 11.5 Å². The molecule has 1 aromatic heterocycles. The maximum atomic E-state index is 12.7. The number of amides is 1. The van der Waals surface area contributed by atoms with Crippen molar-refractivity contribution in [3.63, 3.8) is 0 Å². The van der Waals surface area contributed by atoms with Crippen molar-refractivity contribution in [2.45, 2.75) is 45.1 Å². The number of methoxy groups -OCH3 is 1. The summed E-state index contributed by atoms with van der Waals surface area (Å²) >= 11 is 0. The van der Waals surface area contributed by atoms with Crippen molar-refractivity contribution in [1.82, 2.24) is 15.3 Å². The molecule has 1 amide bonds. The van der Waals surface area contributed by atoms with E-state index in [-0.39, 0.29) is 25.0 Å². The Labute approximate surface area is 211 Å². The van der Waals surface area contributed by atoms with Gasteiger partial charge in [-0.05, 0) is 74.4 Å². The number of ether oxygens (including phenoxy) is 2. The van der Waals surface area contributed by atoms with Gasteiger partial charge in [0.15, 0.2) is 0 Å². The second-order valence-electron chi connectivity index (χ2n) is 9.75. The fourth-order valence-electron chi connectivity index (χ4n) is 5.12. The van der Waals surface area contributed by atoms with Gasteiger partial charge in [0.2, 0.25) is 11.9 Å². The molecule has 0 bridgehead atoms. The number of hydrogen-bond acceptors (Lipinski definition) is 7. The Bertz CT molecular complexity index is 1240. The molecule has 1 aliphatic heterocycles. The first-order valence-electron chi connectivity index (χ1n) is 12.8. The van der Waals surface area contributed by atoms with Crippen molar-refractivity contribution in [2.75, 3.05) is 38.3 Å². The summed E-state index contributed by atoms with van der Waals surface area (Å²) in [7, 11) is 1.59. The van der Waals surface area contributed by atoms with Gasteiger partial charge in [0, 0.05) is 37.0 Å². The second kappa shape index (κ2) is 10.7. The molecular formula is C28H34N4O4. The summed E-state index contributed by atoms with van der Waals surface area (Å²) in [6.07, 6.45) is 4.16. The standard InChI is InChI=1S/C28H34N4O4/c1-18-25-13-20-5-3-6-21(20)14-26(25)31-28(30-18)32-11-9-19(10-12-32)27(34)29-16-22(33)17-36-24-8-4-7-23(15-24)35-2/h4,7-8,13-15,19,22,33H,3,5-6,9-12,16-17H2,1-2H3,(H,29,34)/t22-/m1/s1. The van der Waals surface area contributed by atoms with Crippen molar-refractivity contribution >= 4 is 22.8 Å². The van der Waals surface area contributed by atoms with Crippen LogP contribution in [0.4, 0.5) is 5.95 Å². The molecule has 1 fully saturated rings. The molecule has 0 radical (unpaired) electrons. The smallest absolute Gasteiger partial charge is 0.226 e. The third-order valence-electron chi connectivity index (χ3n) is 7.23. The van der Waals surface area contributed by atoms with Gasteiger partial charge in [-0.1, -0.05) is 6.07 Å². The van der Waals surface area contributed by atoms with Crippen LogP contribution in [0.1, 0.15) is 36.1 Å². The molecule has 36 heavy (non-hydrogen) atoms. The third-order valence-corrected chi connectivity index (χ3v) is 7.23. The van der Waals surface area contributed by atoms with E-state index in [0.717, 1.165) is 61.3 Å². The molecule has 8 nitrogen and oxygen atoms in total. The zero-order chi connectivity index (χ0) is 25.1. The molecule has 2 aliphatic rings. The highest BCUT2D eigenvalue weighted by molar-refractivity contribution is 5.84. The molecule has 1 saturated heterocycles. The average Bonchev–Trinajstić information content (AvgIpc) is 3.37. The van der Waals surface area contributed by atoms with Gasteiger partial charge in [-0.15, -0.1) is 0 Å². The first-order valence-corrected chi connectivity index (χ1v) is 12.8. The Morgan fingerprint density at radius 1 is 1.14 bits per heavy atom. The molecule has 5 rings (SSSR count). The number of rotatable bonds is 8. The molecule has 3 aromatic rings. The lowest BCUT2D eigenvalue weighted by atomic mass is 9.96. The number of aryl methyl sites for hydroxylation is 3. The molecule has 1 atom stereocenters. The number of anilines is 1. The van der Waals surface area contributed by atoms with E-state index >= 15 is 0 Å². The lowest BCUT2D eigenvalue weighted by Crippen LogP contribution is -2.43. The van der Waals surface area contributed by atoms with Gasteiger partial charge in [-0.3, -0.25) is 4.79 Å². The number of hydrogen-bond donors (Lipinski definition) is 2. The van der Waals surface area contributed by atoms with Crippen LogP contribution < -0.4 is 19.7 Å². The van der Waals surface area contributed by atoms with Crippen molar-refractivity contribution in [2.24, 2.45) is 5.92 Å². The summed E-state index contributed by atoms with van der Waals surface area (Å²) in [5, 5.41) is 14.3. The van der Waals surface area contributed by atoms with Crippen LogP contribution in [0.3, 0.4) is 0 Å². The van der Waals surface area contributed by atoms with E-state index in [2.05, 4.69) is 29.3 Å². The minimum Gasteiger partial charge on any atom is -0.497 e. The van der Waals surface area contributed by atoms with Gasteiger partial charge in [0.05, 0.1) is 18.3 Å². The average molecular weight is 491 g/mol. The largest absolute Gasteiger partial charge is 0.497 e. The molecule has 0 unspecified atom stereocenters. The highest BCUT2D eigenvalue weighted by Crippen LogP contribution is 2.30. The normalized spacial score (nSPS) is 16.6. The van der Waals surface area contributed by atoms with E-state index in [4.69, 9.17) is 19.4 Å². The number of nitrogens with one attached hydrogen (secondary N) is 1. The number of aliphatic hydroxyl groups is 1. The van der Waals surface area contributed by atoms with Crippen LogP contribution >= 0.6 is 0 Å². The lowest BCUT2D eigenvalue weighted by molar-refractivity contribution is -0.126. The Hall–Kier alpha value is -3.39. The lowest BCUT2D eigenvalue weighted by Gasteiger charge is -2.31. The Morgan fingerprint density at radius 3 is 2.67 bits per heavy atom. The quantitative estimate of drug-likeness (QED) is 0.501. The SMILES string of the molecule is COc1cccc(OC[C@H](O)CNC(=O)C2CCN(c3nc(C)c4cc5c(cc4n3)CCC5)CC2)c1. The van der Waals surface area contributed by atoms with Crippen LogP contribution in [0.15, 0.2) is 36.4 Å². The second-order valence-corrected chi connectivity index (χ2v) is 9.75. The van der Waals surface area contributed by atoms with Crippen LogP contribution in [0, 0.1) is 12.8 Å². The van der Waals surface area contributed by atoms with E-state index in [1.807, 2.05) is 12.1 Å². The first-order chi connectivity index (χ1) is 17.5. The molecule has 1 aliphatic carbocycles. The molecule has 190 valence electrons. The molecular weight excluding hydrogens is 456 g/mol. The number of benzene rings is 2. The predicted octanol–water partition coefficient (Wildman–Crippen LogP) is 3.21. The number of carbonyl (C=O) groups is 1. The van der Waals surface area contributed by atoms with E-state index in [1.54, 1.807) is 19.2 Å². The Morgan fingerprint density at radius 2 is 1.89 bits per heavy atom. The molecule has 2 aromatic carbocycles. The summed E-state index contributed by atoms with van der Waals surface area (Å²) < 4.78 is 10.8. The molecule has 0 spiro atoms. The zero-order valence-corrected chi connectivity index (χ0v) is 21.0. The number of carbonyl (C=O) groups excluding carboxylic acids is 1. The van der Waals surface area contributed by atoms with E-state index in [9.17, 15) is 9.90 Å². The Balaban J connectivity index is 1.11. The summed E-state index contributed by atoms with van der Waals surface area (Å²) in [4.78, 5) is 24.6. The Kier molecular flexibility index (Phi) is 7.23. The van der Waals surface area contributed by atoms with Crippen LogP contribution in [0.25, 0.3) is 10.9 Å². The van der Waals surface area contributed by atoms with E-state index < -0.39 is 6.10 Å². The summed E-state index contributed by atoms with van der Waals surface area (Å²) in [6.45, 7) is 3.76. The fraction of sp³-hybridized carbons (Fsp3) is 0.464. The van der Waals surface area contributed by atoms with Crippen molar-refractivity contribution in [3.8, 4) is 11.5 Å². The minimum atomic E-state index is -0.796. The predicted molar refractivity (Wildman–Crippen MR) is 139 cm³/mol. The molecule has 2 N–H and O–H groups in total. The number of piperidine rings is 1. The highest BCUT2D eigenvalue weighted by Gasteiger charge is 2.27. The summed E-state index contributed by atoms with van der Waals surface area (Å²) in [5.41, 5.74) is 4.88. The van der Waals surface area contributed by atoms with Crippen molar-refractivity contribution < 1.29 is 19.4 Å². The topological polar surface area (TPSA) is 96.8 Å². The summed E-state index contributed by atoms with van der Waals surface area (Å²) in [5.74, 6) is 1.94. The van der Waals surface area contributed by atoms with Crippen molar-refractivity contribution in [1.29, 1.82) is 0 Å². The first kappa shape index (κ1) is 24.3. The van der Waals surface area contributed by atoms with Gasteiger partial charge < -0.3 is 24.8 Å². The minimum absolute atomic E-state index is 0.0266. The number of fused-ring (bicyclic) bond motifs is 2. The van der Waals surface area contributed by atoms with E-state index in [1.165, 1.54) is 17.5 Å². The maximum absolute atomic E-state index is 12.7.